The van der Waals surface area contributed by atoms with E-state index in [-0.39, 0.29) is 18.3 Å². The molecule has 0 radical (unpaired) electrons. The molecule has 1 heterocycles. The van der Waals surface area contributed by atoms with E-state index in [1.54, 1.807) is 12.1 Å². The molecule has 7 nitrogen and oxygen atoms in total. The van der Waals surface area contributed by atoms with Gasteiger partial charge >= 0.3 is 6.09 Å². The number of non-ortho nitro benzene ring substituents is 1. The number of hydrogen-bond donors (Lipinski definition) is 1. The molecule has 1 unspecified atom stereocenters. The summed E-state index contributed by atoms with van der Waals surface area (Å²) in [6, 6.07) is 5.47. The number of nitro benzene ring substituents is 1. The topological polar surface area (TPSA) is 98.7 Å². The number of nitro groups is 1. The average molecular weight is 223 g/mol. The van der Waals surface area contributed by atoms with Gasteiger partial charge < -0.3 is 4.74 Å². The first-order chi connectivity index (χ1) is 7.59. The molecule has 2 N–H and O–H groups in total. The number of nitrogens with two attached hydrogens (primary N) is 1. The van der Waals surface area contributed by atoms with Crippen molar-refractivity contribution in [2.24, 2.45) is 5.84 Å². The predicted octanol–water partition coefficient (Wildman–Crippen LogP) is 0.962. The summed E-state index contributed by atoms with van der Waals surface area (Å²) in [6.07, 6.45) is -0.594. The van der Waals surface area contributed by atoms with Crippen molar-refractivity contribution in [1.29, 1.82) is 0 Å². The van der Waals surface area contributed by atoms with E-state index in [1.165, 1.54) is 12.1 Å². The van der Waals surface area contributed by atoms with Gasteiger partial charge in [-0.05, 0) is 17.7 Å². The maximum absolute atomic E-state index is 11.0. The highest BCUT2D eigenvalue weighted by atomic mass is 16.6. The zero-order chi connectivity index (χ0) is 11.7. The Morgan fingerprint density at radius 2 is 2.06 bits per heavy atom. The summed E-state index contributed by atoms with van der Waals surface area (Å²) < 4.78 is 4.74. The Hall–Kier alpha value is -2.15. The number of cyclic esters (lactones) is 1. The van der Waals surface area contributed by atoms with Gasteiger partial charge in [-0.25, -0.2) is 15.6 Å². The van der Waals surface area contributed by atoms with Gasteiger partial charge in [0.1, 0.15) is 12.6 Å². The van der Waals surface area contributed by atoms with Crippen molar-refractivity contribution < 1.29 is 14.5 Å². The van der Waals surface area contributed by atoms with Crippen LogP contribution in [0.1, 0.15) is 11.6 Å². The van der Waals surface area contributed by atoms with Crippen LogP contribution in [0.4, 0.5) is 10.5 Å². The molecule has 1 aliphatic heterocycles. The van der Waals surface area contributed by atoms with Crippen molar-refractivity contribution in [1.82, 2.24) is 5.01 Å². The van der Waals surface area contributed by atoms with E-state index < -0.39 is 11.0 Å². The molecule has 0 aliphatic carbocycles. The Kier molecular flexibility index (Phi) is 2.45. The highest BCUT2D eigenvalue weighted by molar-refractivity contribution is 5.69. The normalized spacial score (nSPS) is 19.7. The third-order valence-electron chi connectivity index (χ3n) is 2.40. The van der Waals surface area contributed by atoms with Crippen molar-refractivity contribution in [2.45, 2.75) is 6.04 Å². The number of nitrogens with zero attached hydrogens (tertiary/aromatic N) is 2. The van der Waals surface area contributed by atoms with Crippen LogP contribution < -0.4 is 5.84 Å². The van der Waals surface area contributed by atoms with Crippen LogP contribution >= 0.6 is 0 Å². The first-order valence-corrected chi connectivity index (χ1v) is 4.54. The van der Waals surface area contributed by atoms with Gasteiger partial charge in [-0.15, -0.1) is 0 Å². The second kappa shape index (κ2) is 3.78. The zero-order valence-corrected chi connectivity index (χ0v) is 8.20. The zero-order valence-electron chi connectivity index (χ0n) is 8.20. The van der Waals surface area contributed by atoms with Crippen molar-refractivity contribution in [3.8, 4) is 0 Å². The first kappa shape index (κ1) is 10.4. The summed E-state index contributed by atoms with van der Waals surface area (Å²) in [7, 11) is 0. The SMILES string of the molecule is NN1C(=O)OCC1c1ccc([N+](=O)[O-])cc1. The predicted molar refractivity (Wildman–Crippen MR) is 53.2 cm³/mol. The summed E-state index contributed by atoms with van der Waals surface area (Å²) >= 11 is 0. The third-order valence-corrected chi connectivity index (χ3v) is 2.40. The van der Waals surface area contributed by atoms with Gasteiger partial charge in [-0.1, -0.05) is 0 Å². The monoisotopic (exact) mass is 223 g/mol. The summed E-state index contributed by atoms with van der Waals surface area (Å²) in [5, 5.41) is 11.4. The van der Waals surface area contributed by atoms with Crippen LogP contribution in [-0.2, 0) is 4.74 Å². The Morgan fingerprint density at radius 1 is 1.44 bits per heavy atom. The van der Waals surface area contributed by atoms with Crippen LogP contribution in [0.3, 0.4) is 0 Å². The molecule has 1 saturated heterocycles. The van der Waals surface area contributed by atoms with Crippen LogP contribution in [0.15, 0.2) is 24.3 Å². The number of amides is 1. The first-order valence-electron chi connectivity index (χ1n) is 4.54. The van der Waals surface area contributed by atoms with Gasteiger partial charge in [-0.3, -0.25) is 10.1 Å². The second-order valence-corrected chi connectivity index (χ2v) is 3.35. The van der Waals surface area contributed by atoms with E-state index in [0.717, 1.165) is 5.01 Å². The molecular formula is C9H9N3O4. The van der Waals surface area contributed by atoms with Crippen LogP contribution in [0.2, 0.25) is 0 Å². The van der Waals surface area contributed by atoms with Crippen molar-refractivity contribution >= 4 is 11.8 Å². The molecule has 16 heavy (non-hydrogen) atoms. The summed E-state index contributed by atoms with van der Waals surface area (Å²) in [6.45, 7) is 0.160. The van der Waals surface area contributed by atoms with Crippen LogP contribution in [-0.4, -0.2) is 22.6 Å². The van der Waals surface area contributed by atoms with Gasteiger partial charge in [0.2, 0.25) is 0 Å². The van der Waals surface area contributed by atoms with Gasteiger partial charge in [-0.2, -0.15) is 0 Å². The van der Waals surface area contributed by atoms with Crippen molar-refractivity contribution in [3.05, 3.63) is 39.9 Å². The number of hydrogen-bond acceptors (Lipinski definition) is 5. The van der Waals surface area contributed by atoms with E-state index in [1.807, 2.05) is 0 Å². The molecule has 0 bridgehead atoms. The van der Waals surface area contributed by atoms with Gasteiger partial charge in [0.25, 0.3) is 5.69 Å². The van der Waals surface area contributed by atoms with Crippen LogP contribution in [0.5, 0.6) is 0 Å². The van der Waals surface area contributed by atoms with Gasteiger partial charge in [0.05, 0.1) is 4.92 Å². The molecule has 0 aromatic heterocycles. The number of benzene rings is 1. The Morgan fingerprint density at radius 3 is 2.50 bits per heavy atom. The summed E-state index contributed by atoms with van der Waals surface area (Å²) in [5.41, 5.74) is 0.705. The standard InChI is InChI=1S/C9H9N3O4/c10-11-8(5-16-9(11)13)6-1-3-7(4-2-6)12(14)15/h1-4,8H,5,10H2. The van der Waals surface area contributed by atoms with Gasteiger partial charge in [0.15, 0.2) is 0 Å². The lowest BCUT2D eigenvalue weighted by Gasteiger charge is -2.15. The fraction of sp³-hybridized carbons (Fsp3) is 0.222. The fourth-order valence-electron chi connectivity index (χ4n) is 1.51. The number of ether oxygens (including phenoxy) is 1. The van der Waals surface area contributed by atoms with E-state index in [2.05, 4.69) is 0 Å². The number of hydrazine groups is 1. The minimum absolute atomic E-state index is 0.00226. The molecule has 1 fully saturated rings. The Balaban J connectivity index is 2.22. The molecule has 1 aromatic rings. The van der Waals surface area contributed by atoms with E-state index in [4.69, 9.17) is 10.6 Å². The number of carbonyl (C=O) groups is 1. The lowest BCUT2D eigenvalue weighted by molar-refractivity contribution is -0.384. The number of carbonyl (C=O) groups excluding carboxylic acids is 1. The molecule has 2 rings (SSSR count). The maximum Gasteiger partial charge on any atom is 0.424 e. The quantitative estimate of drug-likeness (QED) is 0.348. The highest BCUT2D eigenvalue weighted by Crippen LogP contribution is 2.25. The summed E-state index contributed by atoms with van der Waals surface area (Å²) in [5.74, 6) is 5.48. The Labute approximate surface area is 90.5 Å². The van der Waals surface area contributed by atoms with E-state index in [0.29, 0.717) is 5.56 Å². The molecule has 1 aliphatic rings. The minimum atomic E-state index is -0.594. The highest BCUT2D eigenvalue weighted by Gasteiger charge is 2.31. The molecule has 1 amide bonds. The lowest BCUT2D eigenvalue weighted by Crippen LogP contribution is -2.34. The average Bonchev–Trinajstić information content (AvgIpc) is 2.60. The van der Waals surface area contributed by atoms with Crippen molar-refractivity contribution in [2.75, 3.05) is 6.61 Å². The molecular weight excluding hydrogens is 214 g/mol. The molecule has 0 saturated carbocycles. The van der Waals surface area contributed by atoms with E-state index in [9.17, 15) is 14.9 Å². The molecule has 84 valence electrons. The van der Waals surface area contributed by atoms with Gasteiger partial charge in [0, 0.05) is 12.1 Å². The largest absolute Gasteiger partial charge is 0.446 e. The molecule has 1 aromatic carbocycles. The minimum Gasteiger partial charge on any atom is -0.446 e. The molecule has 7 heteroatoms. The fourth-order valence-corrected chi connectivity index (χ4v) is 1.51. The van der Waals surface area contributed by atoms with Crippen molar-refractivity contribution in [3.63, 3.8) is 0 Å². The summed E-state index contributed by atoms with van der Waals surface area (Å²) in [4.78, 5) is 21.0. The smallest absolute Gasteiger partial charge is 0.424 e. The van der Waals surface area contributed by atoms with Crippen LogP contribution in [0, 0.1) is 10.1 Å². The van der Waals surface area contributed by atoms with E-state index >= 15 is 0 Å². The van der Waals surface area contributed by atoms with Crippen LogP contribution in [0.25, 0.3) is 0 Å². The number of rotatable bonds is 2. The second-order valence-electron chi connectivity index (χ2n) is 3.35. The maximum atomic E-state index is 11.0. The molecule has 0 spiro atoms. The third kappa shape index (κ3) is 1.68. The molecule has 1 atom stereocenters. The Bertz CT molecular complexity index is 431. The lowest BCUT2D eigenvalue weighted by atomic mass is 10.1.